The van der Waals surface area contributed by atoms with Crippen LogP contribution in [0.25, 0.3) is 0 Å². The number of likely N-dealkylation sites (N-methyl/N-ethyl adjacent to an activating group) is 1. The highest BCUT2D eigenvalue weighted by Gasteiger charge is 2.23. The third-order valence-electron chi connectivity index (χ3n) is 4.27. The van der Waals surface area contributed by atoms with Gasteiger partial charge in [-0.15, -0.1) is 0 Å². The van der Waals surface area contributed by atoms with Crippen molar-refractivity contribution in [1.82, 2.24) is 10.2 Å². The maximum absolute atomic E-state index is 13.6. The molecule has 21 heavy (non-hydrogen) atoms. The van der Waals surface area contributed by atoms with Crippen molar-refractivity contribution in [2.75, 3.05) is 13.6 Å². The molecule has 0 heterocycles. The van der Waals surface area contributed by atoms with E-state index >= 15 is 0 Å². The van der Waals surface area contributed by atoms with Crippen LogP contribution in [-0.2, 0) is 11.3 Å². The molecule has 1 aliphatic rings. The average molecular weight is 292 g/mol. The number of rotatable bonds is 5. The van der Waals surface area contributed by atoms with Gasteiger partial charge in [-0.1, -0.05) is 38.0 Å². The number of hydrogen-bond acceptors (Lipinski definition) is 2. The van der Waals surface area contributed by atoms with Gasteiger partial charge >= 0.3 is 0 Å². The Labute approximate surface area is 126 Å². The molecule has 1 aromatic rings. The molecule has 116 valence electrons. The van der Waals surface area contributed by atoms with Crippen LogP contribution in [0.4, 0.5) is 4.39 Å². The summed E-state index contributed by atoms with van der Waals surface area (Å²) in [6.07, 6.45) is 4.72. The van der Waals surface area contributed by atoms with Crippen molar-refractivity contribution in [1.29, 1.82) is 0 Å². The van der Waals surface area contributed by atoms with Crippen LogP contribution >= 0.6 is 0 Å². The smallest absolute Gasteiger partial charge is 0.234 e. The summed E-state index contributed by atoms with van der Waals surface area (Å²) in [5.74, 6) is 0.373. The maximum atomic E-state index is 13.6. The van der Waals surface area contributed by atoms with Crippen LogP contribution in [0, 0.1) is 11.7 Å². The monoisotopic (exact) mass is 292 g/mol. The fraction of sp³-hybridized carbons (Fsp3) is 0.588. The lowest BCUT2D eigenvalue weighted by Crippen LogP contribution is -2.44. The van der Waals surface area contributed by atoms with E-state index in [2.05, 4.69) is 12.2 Å². The third kappa shape index (κ3) is 4.81. The van der Waals surface area contributed by atoms with Crippen molar-refractivity contribution >= 4 is 5.91 Å². The molecular weight excluding hydrogens is 267 g/mol. The van der Waals surface area contributed by atoms with E-state index in [4.69, 9.17) is 0 Å². The zero-order valence-electron chi connectivity index (χ0n) is 12.9. The molecule has 0 aliphatic heterocycles. The minimum absolute atomic E-state index is 0.0348. The maximum Gasteiger partial charge on any atom is 0.234 e. The van der Waals surface area contributed by atoms with E-state index in [1.54, 1.807) is 12.1 Å². The van der Waals surface area contributed by atoms with Gasteiger partial charge < -0.3 is 5.32 Å². The van der Waals surface area contributed by atoms with Crippen molar-refractivity contribution in [3.05, 3.63) is 35.6 Å². The Morgan fingerprint density at radius 2 is 2.05 bits per heavy atom. The number of nitrogens with one attached hydrogen (secondary N) is 1. The Bertz CT molecular complexity index is 478. The fourth-order valence-corrected chi connectivity index (χ4v) is 3.00. The summed E-state index contributed by atoms with van der Waals surface area (Å²) >= 11 is 0. The van der Waals surface area contributed by atoms with E-state index in [-0.39, 0.29) is 11.7 Å². The highest BCUT2D eigenvalue weighted by Crippen LogP contribution is 2.23. The standard InChI is InChI=1S/C17H25FN2O/c1-13-7-3-6-10-16(13)19-17(21)12-20(2)11-14-8-4-5-9-15(14)18/h4-5,8-9,13,16H,3,6-7,10-12H2,1-2H3,(H,19,21)/t13-,16-/m1/s1. The van der Waals surface area contributed by atoms with E-state index in [0.717, 1.165) is 6.42 Å². The average Bonchev–Trinajstić information content (AvgIpc) is 2.44. The molecule has 1 amide bonds. The lowest BCUT2D eigenvalue weighted by atomic mass is 9.86. The summed E-state index contributed by atoms with van der Waals surface area (Å²) < 4.78 is 13.6. The first kappa shape index (κ1) is 16.0. The summed E-state index contributed by atoms with van der Waals surface area (Å²) in [4.78, 5) is 13.9. The van der Waals surface area contributed by atoms with Crippen LogP contribution in [0.1, 0.15) is 38.2 Å². The van der Waals surface area contributed by atoms with E-state index in [1.165, 1.54) is 25.3 Å². The topological polar surface area (TPSA) is 32.3 Å². The van der Waals surface area contributed by atoms with Crippen LogP contribution in [0.15, 0.2) is 24.3 Å². The van der Waals surface area contributed by atoms with Gasteiger partial charge in [0.15, 0.2) is 0 Å². The number of carbonyl (C=O) groups excluding carboxylic acids is 1. The molecule has 0 bridgehead atoms. The Morgan fingerprint density at radius 3 is 2.76 bits per heavy atom. The van der Waals surface area contributed by atoms with Crippen LogP contribution < -0.4 is 5.32 Å². The molecule has 1 fully saturated rings. The molecule has 4 heteroatoms. The van der Waals surface area contributed by atoms with Gasteiger partial charge in [-0.2, -0.15) is 0 Å². The van der Waals surface area contributed by atoms with Crippen LogP contribution in [-0.4, -0.2) is 30.4 Å². The van der Waals surface area contributed by atoms with Gasteiger partial charge in [-0.3, -0.25) is 9.69 Å². The zero-order valence-corrected chi connectivity index (χ0v) is 12.9. The number of carbonyl (C=O) groups is 1. The summed E-state index contributed by atoms with van der Waals surface area (Å²) in [7, 11) is 1.84. The molecule has 2 rings (SSSR count). The normalized spacial score (nSPS) is 22.3. The van der Waals surface area contributed by atoms with Gasteiger partial charge in [0.1, 0.15) is 5.82 Å². The predicted octanol–water partition coefficient (Wildman–Crippen LogP) is 2.95. The molecule has 1 N–H and O–H groups in total. The van der Waals surface area contributed by atoms with Gasteiger partial charge in [0.05, 0.1) is 6.54 Å². The second-order valence-corrected chi connectivity index (χ2v) is 6.20. The largest absolute Gasteiger partial charge is 0.352 e. The molecule has 1 saturated carbocycles. The Balaban J connectivity index is 1.80. The lowest BCUT2D eigenvalue weighted by Gasteiger charge is -2.30. The Kier molecular flexibility index (Phi) is 5.74. The highest BCUT2D eigenvalue weighted by atomic mass is 19.1. The second kappa shape index (κ2) is 7.55. The molecular formula is C17H25FN2O. The predicted molar refractivity (Wildman–Crippen MR) is 82.3 cm³/mol. The number of benzene rings is 1. The van der Waals surface area contributed by atoms with Crippen LogP contribution in [0.2, 0.25) is 0 Å². The quantitative estimate of drug-likeness (QED) is 0.905. The minimum atomic E-state index is -0.217. The van der Waals surface area contributed by atoms with Crippen LogP contribution in [0.3, 0.4) is 0 Å². The molecule has 0 saturated heterocycles. The highest BCUT2D eigenvalue weighted by molar-refractivity contribution is 5.78. The van der Waals surface area contributed by atoms with Crippen molar-refractivity contribution in [2.24, 2.45) is 5.92 Å². The van der Waals surface area contributed by atoms with Gasteiger partial charge in [-0.05, 0) is 31.9 Å². The number of amides is 1. The first-order chi connectivity index (χ1) is 10.1. The number of nitrogens with zero attached hydrogens (tertiary/aromatic N) is 1. The van der Waals surface area contributed by atoms with E-state index in [9.17, 15) is 9.18 Å². The molecule has 0 spiro atoms. The summed E-state index contributed by atoms with van der Waals surface area (Å²) in [5.41, 5.74) is 0.624. The van der Waals surface area contributed by atoms with Crippen molar-refractivity contribution < 1.29 is 9.18 Å². The fourth-order valence-electron chi connectivity index (χ4n) is 3.00. The first-order valence-corrected chi connectivity index (χ1v) is 7.77. The third-order valence-corrected chi connectivity index (χ3v) is 4.27. The van der Waals surface area contributed by atoms with E-state index in [0.29, 0.717) is 30.6 Å². The summed E-state index contributed by atoms with van der Waals surface area (Å²) in [6, 6.07) is 7.00. The van der Waals surface area contributed by atoms with Gasteiger partial charge in [0.2, 0.25) is 5.91 Å². The van der Waals surface area contributed by atoms with Crippen LogP contribution in [0.5, 0.6) is 0 Å². The van der Waals surface area contributed by atoms with Gasteiger partial charge in [0.25, 0.3) is 0 Å². The number of halogens is 1. The summed E-state index contributed by atoms with van der Waals surface area (Å²) in [5, 5.41) is 3.13. The minimum Gasteiger partial charge on any atom is -0.352 e. The Hall–Kier alpha value is -1.42. The first-order valence-electron chi connectivity index (χ1n) is 7.77. The lowest BCUT2D eigenvalue weighted by molar-refractivity contribution is -0.123. The zero-order chi connectivity index (χ0) is 15.2. The summed E-state index contributed by atoms with van der Waals surface area (Å²) in [6.45, 7) is 2.95. The van der Waals surface area contributed by atoms with Crippen molar-refractivity contribution in [3.8, 4) is 0 Å². The molecule has 3 nitrogen and oxygen atoms in total. The SMILES string of the molecule is C[C@@H]1CCCC[C@H]1NC(=O)CN(C)Cc1ccccc1F. The van der Waals surface area contributed by atoms with Crippen molar-refractivity contribution in [2.45, 2.75) is 45.2 Å². The Morgan fingerprint density at radius 1 is 1.33 bits per heavy atom. The van der Waals surface area contributed by atoms with E-state index < -0.39 is 0 Å². The molecule has 0 unspecified atom stereocenters. The molecule has 1 aliphatic carbocycles. The van der Waals surface area contributed by atoms with Gasteiger partial charge in [-0.25, -0.2) is 4.39 Å². The molecule has 0 aromatic heterocycles. The molecule has 2 atom stereocenters. The van der Waals surface area contributed by atoms with Crippen molar-refractivity contribution in [3.63, 3.8) is 0 Å². The molecule has 0 radical (unpaired) electrons. The molecule has 1 aromatic carbocycles. The second-order valence-electron chi connectivity index (χ2n) is 6.20. The number of hydrogen-bond donors (Lipinski definition) is 1. The van der Waals surface area contributed by atoms with Gasteiger partial charge in [0, 0.05) is 18.2 Å². The van der Waals surface area contributed by atoms with E-state index in [1.807, 2.05) is 18.0 Å².